The first-order valence-electron chi connectivity index (χ1n) is 2.50. The predicted octanol–water partition coefficient (Wildman–Crippen LogP) is 1.41. The maximum atomic E-state index is 10.1. The van der Waals surface area contributed by atoms with Crippen LogP contribution in [0.3, 0.4) is 0 Å². The fraction of sp³-hybridized carbons (Fsp3) is 0.800. The van der Waals surface area contributed by atoms with E-state index in [1.807, 2.05) is 0 Å². The smallest absolute Gasteiger partial charge is 0.427 e. The van der Waals surface area contributed by atoms with Gasteiger partial charge >= 0.3 is 6.16 Å². The van der Waals surface area contributed by atoms with Crippen molar-refractivity contribution in [2.45, 2.75) is 26.4 Å². The van der Waals surface area contributed by atoms with E-state index >= 15 is 0 Å². The summed E-state index contributed by atoms with van der Waals surface area (Å²) in [6.45, 7) is 5.01. The van der Waals surface area contributed by atoms with Crippen LogP contribution in [0.15, 0.2) is 0 Å². The Bertz CT molecular complexity index is 102. The topological polar surface area (TPSA) is 55.8 Å². The first-order chi connectivity index (χ1) is 3.95. The Morgan fingerprint density at radius 1 is 1.44 bits per heavy atom. The molecule has 0 spiro atoms. The van der Waals surface area contributed by atoms with E-state index in [0.717, 1.165) is 0 Å². The molecule has 0 fully saturated rings. The van der Waals surface area contributed by atoms with Gasteiger partial charge in [-0.1, -0.05) is 0 Å². The summed E-state index contributed by atoms with van der Waals surface area (Å²) >= 11 is 0. The SMILES string of the molecule is CC(C)(C)OC(=O)OO. The molecule has 0 aromatic heterocycles. The molecular weight excluding hydrogens is 124 g/mol. The zero-order chi connectivity index (χ0) is 7.49. The molecule has 1 N–H and O–H groups in total. The third-order valence-corrected chi connectivity index (χ3v) is 0.464. The number of carbonyl (C=O) groups excluding carboxylic acids is 1. The number of hydrogen-bond donors (Lipinski definition) is 1. The molecule has 0 aromatic carbocycles. The van der Waals surface area contributed by atoms with Crippen molar-refractivity contribution in [3.05, 3.63) is 0 Å². The van der Waals surface area contributed by atoms with Crippen molar-refractivity contribution in [2.24, 2.45) is 0 Å². The summed E-state index contributed by atoms with van der Waals surface area (Å²) in [4.78, 5) is 13.4. The molecule has 0 atom stereocenters. The van der Waals surface area contributed by atoms with Crippen LogP contribution in [-0.2, 0) is 9.62 Å². The van der Waals surface area contributed by atoms with Crippen molar-refractivity contribution in [2.75, 3.05) is 0 Å². The Labute approximate surface area is 53.3 Å². The van der Waals surface area contributed by atoms with E-state index in [9.17, 15) is 4.79 Å². The van der Waals surface area contributed by atoms with Crippen molar-refractivity contribution in [3.63, 3.8) is 0 Å². The molecular formula is C5H10O4. The maximum absolute atomic E-state index is 10.1. The van der Waals surface area contributed by atoms with Gasteiger partial charge in [0.05, 0.1) is 0 Å². The van der Waals surface area contributed by atoms with Gasteiger partial charge in [0, 0.05) is 0 Å². The Hall–Kier alpha value is -0.770. The predicted molar refractivity (Wildman–Crippen MR) is 29.9 cm³/mol. The zero-order valence-electron chi connectivity index (χ0n) is 5.67. The minimum absolute atomic E-state index is 0.611. The van der Waals surface area contributed by atoms with Crippen LogP contribution in [0.4, 0.5) is 4.79 Å². The normalized spacial score (nSPS) is 10.7. The molecule has 4 nitrogen and oxygen atoms in total. The molecule has 4 heteroatoms. The van der Waals surface area contributed by atoms with E-state index in [4.69, 9.17) is 5.26 Å². The minimum Gasteiger partial charge on any atom is -0.427 e. The average molecular weight is 134 g/mol. The van der Waals surface area contributed by atoms with Crippen molar-refractivity contribution in [1.82, 2.24) is 0 Å². The Morgan fingerprint density at radius 3 is 2.00 bits per heavy atom. The van der Waals surface area contributed by atoms with Gasteiger partial charge in [-0.25, -0.2) is 4.79 Å². The lowest BCUT2D eigenvalue weighted by atomic mass is 10.2. The van der Waals surface area contributed by atoms with E-state index in [2.05, 4.69) is 9.62 Å². The molecule has 0 saturated carbocycles. The van der Waals surface area contributed by atoms with Gasteiger partial charge in [-0.05, 0) is 20.8 Å². The summed E-state index contributed by atoms with van der Waals surface area (Å²) in [6, 6.07) is 0. The van der Waals surface area contributed by atoms with Gasteiger partial charge in [0.1, 0.15) is 5.60 Å². The monoisotopic (exact) mass is 134 g/mol. The summed E-state index contributed by atoms with van der Waals surface area (Å²) in [5.41, 5.74) is -0.611. The van der Waals surface area contributed by atoms with Crippen molar-refractivity contribution in [1.29, 1.82) is 0 Å². The van der Waals surface area contributed by atoms with Gasteiger partial charge in [-0.3, -0.25) is 4.89 Å². The van der Waals surface area contributed by atoms with Crippen molar-refractivity contribution < 1.29 is 19.7 Å². The largest absolute Gasteiger partial charge is 0.540 e. The molecule has 0 rings (SSSR count). The van der Waals surface area contributed by atoms with Crippen LogP contribution in [0, 0.1) is 0 Å². The summed E-state index contributed by atoms with van der Waals surface area (Å²) in [6.07, 6.45) is -1.08. The third-order valence-electron chi connectivity index (χ3n) is 0.464. The summed E-state index contributed by atoms with van der Waals surface area (Å²) < 4.78 is 4.48. The molecule has 54 valence electrons. The molecule has 9 heavy (non-hydrogen) atoms. The highest BCUT2D eigenvalue weighted by Crippen LogP contribution is 2.06. The summed E-state index contributed by atoms with van der Waals surface area (Å²) in [5, 5.41) is 7.72. The van der Waals surface area contributed by atoms with Gasteiger partial charge in [0.25, 0.3) is 0 Å². The molecule has 0 radical (unpaired) electrons. The quantitative estimate of drug-likeness (QED) is 0.309. The first-order valence-corrected chi connectivity index (χ1v) is 2.50. The van der Waals surface area contributed by atoms with Gasteiger partial charge in [0.15, 0.2) is 0 Å². The van der Waals surface area contributed by atoms with Gasteiger partial charge in [0.2, 0.25) is 0 Å². The van der Waals surface area contributed by atoms with Crippen LogP contribution >= 0.6 is 0 Å². The summed E-state index contributed by atoms with van der Waals surface area (Å²) in [5.74, 6) is 0. The second kappa shape index (κ2) is 2.68. The molecule has 0 saturated heterocycles. The Balaban J connectivity index is 3.60. The lowest BCUT2D eigenvalue weighted by Crippen LogP contribution is -2.23. The Morgan fingerprint density at radius 2 is 1.89 bits per heavy atom. The molecule has 0 aliphatic carbocycles. The lowest BCUT2D eigenvalue weighted by molar-refractivity contribution is -0.210. The van der Waals surface area contributed by atoms with Gasteiger partial charge < -0.3 is 4.74 Å². The maximum Gasteiger partial charge on any atom is 0.540 e. The lowest BCUT2D eigenvalue weighted by Gasteiger charge is -2.16. The van der Waals surface area contributed by atoms with Crippen LogP contribution in [0.2, 0.25) is 0 Å². The molecule has 0 aliphatic rings. The van der Waals surface area contributed by atoms with E-state index < -0.39 is 11.8 Å². The van der Waals surface area contributed by atoms with E-state index in [-0.39, 0.29) is 0 Å². The first kappa shape index (κ1) is 8.23. The van der Waals surface area contributed by atoms with Crippen LogP contribution in [0.1, 0.15) is 20.8 Å². The highest BCUT2D eigenvalue weighted by atomic mass is 17.1. The number of ether oxygens (including phenoxy) is 1. The van der Waals surface area contributed by atoms with E-state index in [0.29, 0.717) is 0 Å². The average Bonchev–Trinajstić information content (AvgIpc) is 1.62. The second-order valence-electron chi connectivity index (χ2n) is 2.56. The van der Waals surface area contributed by atoms with E-state index in [1.54, 1.807) is 20.8 Å². The minimum atomic E-state index is -1.08. The molecule has 0 bridgehead atoms. The standard InChI is InChI=1S/C5H10O4/c1-5(2,3)8-4(6)9-7/h7H,1-3H3. The second-order valence-corrected chi connectivity index (χ2v) is 2.56. The van der Waals surface area contributed by atoms with Crippen molar-refractivity contribution >= 4 is 6.16 Å². The fourth-order valence-electron chi connectivity index (χ4n) is 0.269. The molecule has 0 aromatic rings. The number of carbonyl (C=O) groups is 1. The molecule has 0 aliphatic heterocycles. The molecule has 0 heterocycles. The fourth-order valence-corrected chi connectivity index (χ4v) is 0.269. The third kappa shape index (κ3) is 5.10. The van der Waals surface area contributed by atoms with E-state index in [1.165, 1.54) is 0 Å². The number of hydrogen-bond acceptors (Lipinski definition) is 4. The van der Waals surface area contributed by atoms with Crippen LogP contribution in [0.5, 0.6) is 0 Å². The van der Waals surface area contributed by atoms with Crippen LogP contribution in [-0.4, -0.2) is 17.0 Å². The summed E-state index contributed by atoms with van der Waals surface area (Å²) in [7, 11) is 0. The van der Waals surface area contributed by atoms with Crippen LogP contribution in [0.25, 0.3) is 0 Å². The highest BCUT2D eigenvalue weighted by Gasteiger charge is 2.16. The van der Waals surface area contributed by atoms with Crippen LogP contribution < -0.4 is 0 Å². The van der Waals surface area contributed by atoms with Crippen molar-refractivity contribution in [3.8, 4) is 0 Å². The number of rotatable bonds is 0. The van der Waals surface area contributed by atoms with Gasteiger partial charge in [-0.15, -0.1) is 0 Å². The molecule has 0 unspecified atom stereocenters. The molecule has 0 amide bonds. The highest BCUT2D eigenvalue weighted by molar-refractivity contribution is 5.59. The Kier molecular flexibility index (Phi) is 2.45. The van der Waals surface area contributed by atoms with Gasteiger partial charge in [-0.2, -0.15) is 5.26 Å². The zero-order valence-corrected chi connectivity index (χ0v) is 5.67.